The minimum atomic E-state index is -1.19. The van der Waals surface area contributed by atoms with Crippen LogP contribution in [0.1, 0.15) is 144 Å². The summed E-state index contributed by atoms with van der Waals surface area (Å²) in [6.07, 6.45) is 7.48. The van der Waals surface area contributed by atoms with Crippen molar-refractivity contribution in [2.24, 2.45) is 56.2 Å². The fraction of sp³-hybridized carbons (Fsp3) is 0.729. The van der Waals surface area contributed by atoms with Gasteiger partial charge in [-0.25, -0.2) is 0 Å². The van der Waals surface area contributed by atoms with E-state index in [2.05, 4.69) is 69.5 Å². The molecule has 2 aromatic heterocycles. The molecule has 4 fully saturated rings. The van der Waals surface area contributed by atoms with E-state index in [1.807, 2.05) is 18.7 Å². The van der Waals surface area contributed by atoms with E-state index in [0.717, 1.165) is 56.1 Å². The molecule has 0 unspecified atom stereocenters. The molecule has 5 aliphatic rings. The second kappa shape index (κ2) is 15.1. The van der Waals surface area contributed by atoms with E-state index < -0.39 is 28.9 Å². The van der Waals surface area contributed by atoms with E-state index >= 15 is 0 Å². The van der Waals surface area contributed by atoms with Crippen LogP contribution in [0.3, 0.4) is 0 Å². The number of hydrogen-bond donors (Lipinski definition) is 2. The van der Waals surface area contributed by atoms with Crippen molar-refractivity contribution in [3.8, 4) is 17.6 Å². The van der Waals surface area contributed by atoms with Crippen LogP contribution in [-0.4, -0.2) is 79.3 Å². The molecule has 0 amide bonds. The third-order valence-electron chi connectivity index (χ3n) is 17.3. The van der Waals surface area contributed by atoms with Gasteiger partial charge in [0.15, 0.2) is 17.4 Å². The highest BCUT2D eigenvalue weighted by Gasteiger charge is 2.71. The molecule has 12 heteroatoms. The molecule has 0 saturated heterocycles. The van der Waals surface area contributed by atoms with Crippen LogP contribution in [0, 0.1) is 67.5 Å². The number of aliphatic carboxylic acids is 1. The lowest BCUT2D eigenvalue weighted by Crippen LogP contribution is -2.66. The number of carboxylic acid groups (broad SMARTS) is 1. The molecule has 4 saturated carbocycles. The summed E-state index contributed by atoms with van der Waals surface area (Å²) in [5, 5.41) is 41.4. The fourth-order valence-corrected chi connectivity index (χ4v) is 13.9. The first-order valence-electron chi connectivity index (χ1n) is 22.3. The lowest BCUT2D eigenvalue weighted by Gasteiger charge is -2.72. The van der Waals surface area contributed by atoms with Gasteiger partial charge < -0.3 is 24.4 Å². The lowest BCUT2D eigenvalue weighted by atomic mass is 9.33. The number of aliphatic hydroxyl groups excluding tert-OH is 1. The van der Waals surface area contributed by atoms with Gasteiger partial charge in [0.2, 0.25) is 0 Å². The van der Waals surface area contributed by atoms with Gasteiger partial charge in [-0.2, -0.15) is 5.26 Å². The number of ketones is 1. The quantitative estimate of drug-likeness (QED) is 0.209. The summed E-state index contributed by atoms with van der Waals surface area (Å²) < 4.78 is 8.17. The molecule has 12 nitrogen and oxygen atoms in total. The lowest BCUT2D eigenvalue weighted by molar-refractivity contribution is -0.235. The smallest absolute Gasteiger partial charge is 0.309 e. The summed E-state index contributed by atoms with van der Waals surface area (Å²) in [4.78, 5) is 46.1. The van der Waals surface area contributed by atoms with E-state index in [1.165, 1.54) is 6.20 Å². The van der Waals surface area contributed by atoms with Crippen LogP contribution in [0.25, 0.3) is 11.5 Å². The Morgan fingerprint density at radius 3 is 2.33 bits per heavy atom. The number of carbonyl (C=O) groups is 3. The summed E-state index contributed by atoms with van der Waals surface area (Å²) in [6, 6.07) is 5.62. The Labute approximate surface area is 356 Å². The fourth-order valence-electron chi connectivity index (χ4n) is 13.9. The minimum Gasteiger partial charge on any atom is -0.481 e. The van der Waals surface area contributed by atoms with Gasteiger partial charge in [0, 0.05) is 36.5 Å². The Kier molecular flexibility index (Phi) is 11.1. The van der Waals surface area contributed by atoms with Gasteiger partial charge in [0.25, 0.3) is 0 Å². The minimum absolute atomic E-state index is 0.00125. The van der Waals surface area contributed by atoms with Crippen LogP contribution in [0.2, 0.25) is 0 Å². The van der Waals surface area contributed by atoms with Gasteiger partial charge in [-0.3, -0.25) is 19.4 Å². The van der Waals surface area contributed by atoms with E-state index in [4.69, 9.17) is 9.84 Å². The van der Waals surface area contributed by atoms with Crippen molar-refractivity contribution < 1.29 is 29.3 Å². The molecule has 2 heterocycles. The maximum Gasteiger partial charge on any atom is 0.309 e. The molecule has 0 aliphatic heterocycles. The predicted molar refractivity (Wildman–Crippen MR) is 227 cm³/mol. The van der Waals surface area contributed by atoms with Crippen molar-refractivity contribution in [2.75, 3.05) is 20.6 Å². The maximum absolute atomic E-state index is 14.5. The molecular formula is C48H68N6O6. The van der Waals surface area contributed by atoms with Crippen LogP contribution in [0.5, 0.6) is 0 Å². The van der Waals surface area contributed by atoms with Crippen LogP contribution >= 0.6 is 0 Å². The van der Waals surface area contributed by atoms with Gasteiger partial charge in [0.1, 0.15) is 24.0 Å². The number of aromatic nitrogens is 4. The standard InChI is InChI=1S/C48H68N6O6/c1-28(2)37-32(55)24-48(39(57)41-52-51-40(54(41)23-22-53(10)11)31-14-12-29(26-49)27-50-31)21-20-46(8)30(38(37)48)13-15-34-45(7)18-17-35(60-36(56)25-43(3,4)42(58)59)44(5,6)33(45)16-19-47(34,46)9/h12,14,27-28,30,33-35,39,57H,13,15-25H2,1-11H3,(H,58,59)/t30-,33+,34-,35+,39-,45+,46-,47-,48-/m1/s1. The highest BCUT2D eigenvalue weighted by molar-refractivity contribution is 6.00. The third-order valence-corrected chi connectivity index (χ3v) is 17.3. The number of rotatable bonds is 11. The molecule has 5 aliphatic carbocycles. The Bertz CT molecular complexity index is 2110. The number of carboxylic acids is 1. The van der Waals surface area contributed by atoms with Crippen molar-refractivity contribution in [3.05, 3.63) is 40.9 Å². The number of pyridine rings is 1. The number of ether oxygens (including phenoxy) is 1. The summed E-state index contributed by atoms with van der Waals surface area (Å²) in [5.74, 6) is 0.536. The molecule has 0 radical (unpaired) electrons. The Balaban J connectivity index is 1.23. The zero-order valence-electron chi connectivity index (χ0n) is 37.9. The third kappa shape index (κ3) is 6.67. The summed E-state index contributed by atoms with van der Waals surface area (Å²) in [5.41, 5.74) is 0.634. The van der Waals surface area contributed by atoms with E-state index in [-0.39, 0.29) is 58.2 Å². The Morgan fingerprint density at radius 2 is 1.72 bits per heavy atom. The maximum atomic E-state index is 14.5. The predicted octanol–water partition coefficient (Wildman–Crippen LogP) is 8.20. The molecule has 9 atom stereocenters. The largest absolute Gasteiger partial charge is 0.481 e. The van der Waals surface area contributed by atoms with Crippen LogP contribution in [-0.2, 0) is 25.7 Å². The van der Waals surface area contributed by atoms with Crippen molar-refractivity contribution in [1.82, 2.24) is 24.6 Å². The SMILES string of the molecule is CC(C)C1=C2[C@H]3CC[C@@H]4[C@@]5(C)CC[C@H](OC(=O)CC(C)(C)C(=O)O)C(C)(C)[C@@H]5CC[C@@]4(C)[C@]3(C)CC[C@@]2([C@H](O)c2nnc(-c3ccc(C#N)cn3)n2CCN(C)C)CC1=O. The highest BCUT2D eigenvalue weighted by atomic mass is 16.5. The van der Waals surface area contributed by atoms with Crippen molar-refractivity contribution in [1.29, 1.82) is 5.26 Å². The molecule has 0 bridgehead atoms. The molecule has 60 heavy (non-hydrogen) atoms. The Morgan fingerprint density at radius 1 is 1.00 bits per heavy atom. The summed E-state index contributed by atoms with van der Waals surface area (Å²) in [7, 11) is 4.01. The van der Waals surface area contributed by atoms with Gasteiger partial charge in [-0.15, -0.1) is 10.2 Å². The first-order chi connectivity index (χ1) is 28.0. The zero-order chi connectivity index (χ0) is 44.0. The van der Waals surface area contributed by atoms with E-state index in [0.29, 0.717) is 54.3 Å². The van der Waals surface area contributed by atoms with Crippen LogP contribution in [0.15, 0.2) is 29.5 Å². The molecule has 2 aromatic rings. The number of nitriles is 1. The second-order valence-electron chi connectivity index (χ2n) is 21.8. The van der Waals surface area contributed by atoms with E-state index in [1.54, 1.807) is 26.0 Å². The number of hydrogen-bond acceptors (Lipinski definition) is 10. The van der Waals surface area contributed by atoms with Gasteiger partial charge >= 0.3 is 11.9 Å². The molecule has 7 rings (SSSR count). The van der Waals surface area contributed by atoms with Crippen molar-refractivity contribution in [3.63, 3.8) is 0 Å². The number of fused-ring (bicyclic) bond motifs is 7. The highest BCUT2D eigenvalue weighted by Crippen LogP contribution is 2.77. The van der Waals surface area contributed by atoms with Crippen molar-refractivity contribution >= 4 is 17.7 Å². The number of allylic oxidation sites excluding steroid dienone is 1. The van der Waals surface area contributed by atoms with Crippen LogP contribution < -0.4 is 0 Å². The molecule has 0 spiro atoms. The zero-order valence-corrected chi connectivity index (χ0v) is 37.9. The van der Waals surface area contributed by atoms with E-state index in [9.17, 15) is 29.9 Å². The summed E-state index contributed by atoms with van der Waals surface area (Å²) >= 11 is 0. The molecule has 326 valence electrons. The monoisotopic (exact) mass is 825 g/mol. The summed E-state index contributed by atoms with van der Waals surface area (Å²) in [6.45, 7) is 20.6. The number of Topliss-reactive ketones (excluding diaryl/α,β-unsaturated/α-hetero) is 1. The number of likely N-dealkylation sites (N-methyl/N-ethyl adjacent to an activating group) is 1. The normalized spacial score (nSPS) is 34.0. The molecular weight excluding hydrogens is 757 g/mol. The molecule has 2 N–H and O–H groups in total. The van der Waals surface area contributed by atoms with Gasteiger partial charge in [-0.1, -0.05) is 48.5 Å². The molecule has 0 aromatic carbocycles. The number of esters is 1. The first kappa shape index (κ1) is 44.1. The Hall–Kier alpha value is -3.95. The second-order valence-corrected chi connectivity index (χ2v) is 21.8. The average Bonchev–Trinajstić information content (AvgIpc) is 3.73. The van der Waals surface area contributed by atoms with Crippen LogP contribution in [0.4, 0.5) is 0 Å². The first-order valence-corrected chi connectivity index (χ1v) is 22.3. The number of nitrogens with zero attached hydrogens (tertiary/aromatic N) is 6. The average molecular weight is 825 g/mol. The number of aliphatic hydroxyl groups is 1. The number of carbonyl (C=O) groups excluding carboxylic acids is 2. The van der Waals surface area contributed by atoms with Crippen molar-refractivity contribution in [2.45, 2.75) is 145 Å². The van der Waals surface area contributed by atoms with Gasteiger partial charge in [0.05, 0.1) is 17.4 Å². The van der Waals surface area contributed by atoms with Gasteiger partial charge in [-0.05, 0) is 143 Å². The topological polar surface area (TPSA) is 172 Å².